The molecule has 144 valence electrons. The largest absolute Gasteiger partial charge is 0.496 e. The molecule has 0 radical (unpaired) electrons. The van der Waals surface area contributed by atoms with E-state index in [4.69, 9.17) is 14.5 Å². The van der Waals surface area contributed by atoms with Crippen LogP contribution >= 0.6 is 15.9 Å². The van der Waals surface area contributed by atoms with Gasteiger partial charge in [0.2, 0.25) is 0 Å². The highest BCUT2D eigenvalue weighted by molar-refractivity contribution is 9.10. The molecule has 2 aliphatic rings. The zero-order valence-electron chi connectivity index (χ0n) is 15.7. The third-order valence-corrected chi connectivity index (χ3v) is 5.61. The van der Waals surface area contributed by atoms with Crippen LogP contribution in [-0.4, -0.2) is 74.8 Å². The van der Waals surface area contributed by atoms with Gasteiger partial charge in [0.05, 0.1) is 31.3 Å². The highest BCUT2D eigenvalue weighted by Crippen LogP contribution is 2.26. The van der Waals surface area contributed by atoms with Crippen LogP contribution < -0.4 is 10.1 Å². The van der Waals surface area contributed by atoms with Crippen LogP contribution in [0, 0.1) is 0 Å². The van der Waals surface area contributed by atoms with Gasteiger partial charge >= 0.3 is 0 Å². The number of guanidine groups is 1. The summed E-state index contributed by atoms with van der Waals surface area (Å²) in [6.07, 6.45) is 1.19. The van der Waals surface area contributed by atoms with Crippen LogP contribution in [0.2, 0.25) is 0 Å². The van der Waals surface area contributed by atoms with Gasteiger partial charge < -0.3 is 19.7 Å². The Kier molecular flexibility index (Phi) is 7.16. The molecule has 0 spiro atoms. The van der Waals surface area contributed by atoms with Gasteiger partial charge in [-0.05, 0) is 47.0 Å². The minimum Gasteiger partial charge on any atom is -0.496 e. The highest BCUT2D eigenvalue weighted by Gasteiger charge is 2.30. The summed E-state index contributed by atoms with van der Waals surface area (Å²) in [6.45, 7) is 9.56. The summed E-state index contributed by atoms with van der Waals surface area (Å²) in [5.74, 6) is 1.85. The fraction of sp³-hybridized carbons (Fsp3) is 0.632. The number of hydrogen-bond acceptors (Lipinski definition) is 4. The molecule has 0 amide bonds. The van der Waals surface area contributed by atoms with Crippen molar-refractivity contribution in [3.63, 3.8) is 0 Å². The van der Waals surface area contributed by atoms with E-state index in [2.05, 4.69) is 50.1 Å². The predicted octanol–water partition coefficient (Wildman–Crippen LogP) is 2.33. The van der Waals surface area contributed by atoms with E-state index in [9.17, 15) is 0 Å². The van der Waals surface area contributed by atoms with E-state index >= 15 is 0 Å². The Hall–Kier alpha value is -1.31. The quantitative estimate of drug-likeness (QED) is 0.580. The fourth-order valence-corrected chi connectivity index (χ4v) is 4.16. The van der Waals surface area contributed by atoms with Gasteiger partial charge in [0, 0.05) is 38.8 Å². The van der Waals surface area contributed by atoms with Crippen molar-refractivity contribution >= 4 is 21.9 Å². The Bertz CT molecular complexity index is 620. The molecule has 0 aromatic heterocycles. The lowest BCUT2D eigenvalue weighted by Crippen LogP contribution is -2.46. The van der Waals surface area contributed by atoms with E-state index in [0.29, 0.717) is 12.6 Å². The number of rotatable bonds is 5. The molecule has 0 aliphatic carbocycles. The molecule has 0 saturated carbocycles. The zero-order valence-corrected chi connectivity index (χ0v) is 17.3. The van der Waals surface area contributed by atoms with Gasteiger partial charge in [0.15, 0.2) is 5.96 Å². The zero-order chi connectivity index (χ0) is 18.4. The topological polar surface area (TPSA) is 49.3 Å². The number of nitrogens with one attached hydrogen (secondary N) is 1. The van der Waals surface area contributed by atoms with E-state index in [1.807, 2.05) is 6.07 Å². The molecule has 6 nitrogen and oxygen atoms in total. The number of ether oxygens (including phenoxy) is 2. The third-order valence-electron chi connectivity index (χ3n) is 4.99. The molecule has 0 bridgehead atoms. The standard InChI is InChI=1S/C19H29BrN4O2/c1-3-21-19(22-13-15-4-5-18(25-2)17(20)12-15)24-7-6-16(14-24)23-8-10-26-11-9-23/h4-5,12,16H,3,6-11,13-14H2,1-2H3,(H,21,22). The first-order chi connectivity index (χ1) is 12.7. The number of methoxy groups -OCH3 is 1. The molecule has 2 aliphatic heterocycles. The van der Waals surface area contributed by atoms with Crippen LogP contribution in [0.3, 0.4) is 0 Å². The van der Waals surface area contributed by atoms with Crippen molar-refractivity contribution < 1.29 is 9.47 Å². The van der Waals surface area contributed by atoms with Crippen molar-refractivity contribution in [2.45, 2.75) is 25.9 Å². The minimum absolute atomic E-state index is 0.609. The summed E-state index contributed by atoms with van der Waals surface area (Å²) in [6, 6.07) is 6.73. The molecule has 2 fully saturated rings. The summed E-state index contributed by atoms with van der Waals surface area (Å²) in [4.78, 5) is 9.82. The summed E-state index contributed by atoms with van der Waals surface area (Å²) >= 11 is 3.55. The van der Waals surface area contributed by atoms with E-state index in [0.717, 1.165) is 67.7 Å². The van der Waals surface area contributed by atoms with Crippen LogP contribution in [0.15, 0.2) is 27.7 Å². The molecule has 26 heavy (non-hydrogen) atoms. The first-order valence-corrected chi connectivity index (χ1v) is 10.2. The summed E-state index contributed by atoms with van der Waals surface area (Å²) < 4.78 is 11.7. The van der Waals surface area contributed by atoms with Gasteiger partial charge in [-0.2, -0.15) is 0 Å². The Morgan fingerprint density at radius 1 is 1.35 bits per heavy atom. The van der Waals surface area contributed by atoms with Crippen molar-refractivity contribution in [3.05, 3.63) is 28.2 Å². The van der Waals surface area contributed by atoms with Crippen LogP contribution in [0.1, 0.15) is 18.9 Å². The van der Waals surface area contributed by atoms with Crippen LogP contribution in [0.5, 0.6) is 5.75 Å². The van der Waals surface area contributed by atoms with Gasteiger partial charge in [-0.1, -0.05) is 6.07 Å². The van der Waals surface area contributed by atoms with E-state index in [-0.39, 0.29) is 0 Å². The molecule has 2 heterocycles. The number of morpholine rings is 1. The fourth-order valence-electron chi connectivity index (χ4n) is 3.58. The SMILES string of the molecule is CCNC(=NCc1ccc(OC)c(Br)c1)N1CCC(N2CCOCC2)C1. The van der Waals surface area contributed by atoms with Gasteiger partial charge in [-0.25, -0.2) is 4.99 Å². The lowest BCUT2D eigenvalue weighted by Gasteiger charge is -2.32. The average molecular weight is 425 g/mol. The van der Waals surface area contributed by atoms with E-state index < -0.39 is 0 Å². The summed E-state index contributed by atoms with van der Waals surface area (Å²) in [5.41, 5.74) is 1.16. The van der Waals surface area contributed by atoms with Gasteiger partial charge in [-0.3, -0.25) is 4.90 Å². The number of benzene rings is 1. The second-order valence-corrected chi connectivity index (χ2v) is 7.53. The van der Waals surface area contributed by atoms with Crippen molar-refractivity contribution in [2.75, 3.05) is 53.0 Å². The Balaban J connectivity index is 1.63. The molecule has 1 N–H and O–H groups in total. The van der Waals surface area contributed by atoms with Crippen LogP contribution in [0.4, 0.5) is 0 Å². The summed E-state index contributed by atoms with van der Waals surface area (Å²) in [7, 11) is 1.68. The Labute approximate surface area is 164 Å². The normalized spacial score (nSPS) is 21.9. The molecule has 1 atom stereocenters. The van der Waals surface area contributed by atoms with E-state index in [1.165, 1.54) is 6.42 Å². The lowest BCUT2D eigenvalue weighted by molar-refractivity contribution is 0.0195. The number of nitrogens with zero attached hydrogens (tertiary/aromatic N) is 3. The lowest BCUT2D eigenvalue weighted by atomic mass is 10.2. The smallest absolute Gasteiger partial charge is 0.194 e. The maximum atomic E-state index is 5.48. The second-order valence-electron chi connectivity index (χ2n) is 6.68. The molecular formula is C19H29BrN4O2. The first-order valence-electron chi connectivity index (χ1n) is 9.38. The second kappa shape index (κ2) is 9.58. The molecule has 2 saturated heterocycles. The van der Waals surface area contributed by atoms with Gasteiger partial charge in [-0.15, -0.1) is 0 Å². The number of aliphatic imine (C=N–C) groups is 1. The maximum Gasteiger partial charge on any atom is 0.194 e. The van der Waals surface area contributed by atoms with Crippen molar-refractivity contribution in [1.29, 1.82) is 0 Å². The van der Waals surface area contributed by atoms with Crippen molar-refractivity contribution in [1.82, 2.24) is 15.1 Å². The van der Waals surface area contributed by atoms with Gasteiger partial charge in [0.25, 0.3) is 0 Å². The molecule has 1 unspecified atom stereocenters. The molecule has 3 rings (SSSR count). The van der Waals surface area contributed by atoms with Crippen LogP contribution in [-0.2, 0) is 11.3 Å². The Morgan fingerprint density at radius 2 is 2.15 bits per heavy atom. The molecule has 1 aromatic rings. The molecule has 7 heteroatoms. The van der Waals surface area contributed by atoms with Crippen molar-refractivity contribution in [2.24, 2.45) is 4.99 Å². The maximum absolute atomic E-state index is 5.48. The Morgan fingerprint density at radius 3 is 2.85 bits per heavy atom. The molecular weight excluding hydrogens is 396 g/mol. The summed E-state index contributed by atoms with van der Waals surface area (Å²) in [5, 5.41) is 3.45. The number of likely N-dealkylation sites (tertiary alicyclic amines) is 1. The highest BCUT2D eigenvalue weighted by atomic mass is 79.9. The monoisotopic (exact) mass is 424 g/mol. The predicted molar refractivity (Wildman–Crippen MR) is 108 cm³/mol. The third kappa shape index (κ3) is 4.90. The first kappa shape index (κ1) is 19.5. The average Bonchev–Trinajstić information content (AvgIpc) is 3.16. The van der Waals surface area contributed by atoms with Gasteiger partial charge in [0.1, 0.15) is 5.75 Å². The number of halogens is 1. The molecule has 1 aromatic carbocycles. The minimum atomic E-state index is 0.609. The van der Waals surface area contributed by atoms with E-state index in [1.54, 1.807) is 7.11 Å². The van der Waals surface area contributed by atoms with Crippen molar-refractivity contribution in [3.8, 4) is 5.75 Å². The number of hydrogen-bond donors (Lipinski definition) is 1. The van der Waals surface area contributed by atoms with Crippen LogP contribution in [0.25, 0.3) is 0 Å².